The van der Waals surface area contributed by atoms with Crippen LogP contribution in [-0.2, 0) is 14.3 Å². The fraction of sp³-hybridized carbons (Fsp3) is 0.875. The van der Waals surface area contributed by atoms with Crippen LogP contribution in [0.2, 0.25) is 0 Å². The summed E-state index contributed by atoms with van der Waals surface area (Å²) in [4.78, 5) is 23.6. The van der Waals surface area contributed by atoms with Gasteiger partial charge in [-0.1, -0.05) is 52.9 Å². The van der Waals surface area contributed by atoms with Crippen molar-refractivity contribution in [1.29, 1.82) is 0 Å². The van der Waals surface area contributed by atoms with E-state index in [1.807, 2.05) is 13.8 Å². The molecule has 0 aromatic rings. The number of carbonyl (C=O) groups excluding carboxylic acids is 2. The van der Waals surface area contributed by atoms with E-state index in [1.54, 1.807) is 6.92 Å². The van der Waals surface area contributed by atoms with E-state index in [1.165, 1.54) is 19.3 Å². The lowest BCUT2D eigenvalue weighted by molar-refractivity contribution is -0.147. The van der Waals surface area contributed by atoms with Gasteiger partial charge in [0.1, 0.15) is 6.04 Å². The Balaban J connectivity index is 4.16. The number of amides is 1. The second-order valence-electron chi connectivity index (χ2n) is 5.31. The van der Waals surface area contributed by atoms with E-state index in [0.717, 1.165) is 19.3 Å². The molecule has 0 aromatic carbocycles. The van der Waals surface area contributed by atoms with Crippen LogP contribution < -0.4 is 5.32 Å². The molecular formula is C16H31NO4. The summed E-state index contributed by atoms with van der Waals surface area (Å²) in [6.45, 7) is 8.48. The number of esters is 1. The van der Waals surface area contributed by atoms with Crippen molar-refractivity contribution in [2.24, 2.45) is 5.92 Å². The molecule has 0 spiro atoms. The standard InChI is InChI=1S/C16H31NO4/c1-5-8-9-10-11-12-21-15(18)14(13(4)6-2)17-16(19)20-7-3/h13-14H,5-12H2,1-4H3,(H,17,19)/t13?,14-/m0/s1. The minimum Gasteiger partial charge on any atom is -0.464 e. The summed E-state index contributed by atoms with van der Waals surface area (Å²) in [6, 6.07) is -0.635. The van der Waals surface area contributed by atoms with Gasteiger partial charge < -0.3 is 14.8 Å². The van der Waals surface area contributed by atoms with Crippen LogP contribution in [0.4, 0.5) is 4.79 Å². The molecule has 5 heteroatoms. The molecule has 0 rings (SSSR count). The Labute approximate surface area is 128 Å². The molecule has 0 aromatic heterocycles. The molecule has 0 aliphatic carbocycles. The quantitative estimate of drug-likeness (QED) is 0.467. The maximum absolute atomic E-state index is 12.1. The van der Waals surface area contributed by atoms with Crippen LogP contribution in [-0.4, -0.2) is 31.3 Å². The Kier molecular flexibility index (Phi) is 11.7. The first-order valence-corrected chi connectivity index (χ1v) is 8.16. The minimum atomic E-state index is -0.635. The molecule has 0 saturated carbocycles. The molecular weight excluding hydrogens is 270 g/mol. The van der Waals surface area contributed by atoms with E-state index in [2.05, 4.69) is 12.2 Å². The van der Waals surface area contributed by atoms with Crippen LogP contribution in [0.3, 0.4) is 0 Å². The summed E-state index contributed by atoms with van der Waals surface area (Å²) in [6.07, 6.45) is 5.74. The van der Waals surface area contributed by atoms with Gasteiger partial charge in [-0.15, -0.1) is 0 Å². The van der Waals surface area contributed by atoms with E-state index < -0.39 is 12.1 Å². The third kappa shape index (κ3) is 9.32. The number of hydrogen-bond acceptors (Lipinski definition) is 4. The number of hydrogen-bond donors (Lipinski definition) is 1. The van der Waals surface area contributed by atoms with Gasteiger partial charge >= 0.3 is 12.1 Å². The molecule has 21 heavy (non-hydrogen) atoms. The van der Waals surface area contributed by atoms with Crippen molar-refractivity contribution in [2.45, 2.75) is 72.3 Å². The van der Waals surface area contributed by atoms with Crippen molar-refractivity contribution < 1.29 is 19.1 Å². The van der Waals surface area contributed by atoms with Crippen molar-refractivity contribution in [2.75, 3.05) is 13.2 Å². The number of rotatable bonds is 11. The summed E-state index contributed by atoms with van der Waals surface area (Å²) in [5, 5.41) is 2.59. The summed E-state index contributed by atoms with van der Waals surface area (Å²) in [5.41, 5.74) is 0. The molecule has 0 radical (unpaired) electrons. The van der Waals surface area contributed by atoms with Crippen LogP contribution in [0.15, 0.2) is 0 Å². The van der Waals surface area contributed by atoms with Crippen LogP contribution in [0.5, 0.6) is 0 Å². The Bertz CT molecular complexity index is 294. The number of carbonyl (C=O) groups is 2. The molecule has 0 aliphatic heterocycles. The van der Waals surface area contributed by atoms with Gasteiger partial charge in [0, 0.05) is 0 Å². The smallest absolute Gasteiger partial charge is 0.407 e. The maximum atomic E-state index is 12.1. The van der Waals surface area contributed by atoms with Gasteiger partial charge in [-0.3, -0.25) is 0 Å². The van der Waals surface area contributed by atoms with Crippen molar-refractivity contribution in [3.05, 3.63) is 0 Å². The van der Waals surface area contributed by atoms with Crippen molar-refractivity contribution in [3.63, 3.8) is 0 Å². The molecule has 1 N–H and O–H groups in total. The maximum Gasteiger partial charge on any atom is 0.407 e. The molecule has 1 unspecified atom stereocenters. The number of unbranched alkanes of at least 4 members (excludes halogenated alkanes) is 4. The van der Waals surface area contributed by atoms with E-state index >= 15 is 0 Å². The van der Waals surface area contributed by atoms with E-state index in [9.17, 15) is 9.59 Å². The van der Waals surface area contributed by atoms with Gasteiger partial charge in [-0.2, -0.15) is 0 Å². The molecule has 2 atom stereocenters. The van der Waals surface area contributed by atoms with Gasteiger partial charge in [-0.05, 0) is 19.3 Å². The summed E-state index contributed by atoms with van der Waals surface area (Å²) >= 11 is 0. The highest BCUT2D eigenvalue weighted by Crippen LogP contribution is 2.11. The topological polar surface area (TPSA) is 64.6 Å². The highest BCUT2D eigenvalue weighted by Gasteiger charge is 2.27. The summed E-state index contributed by atoms with van der Waals surface area (Å²) in [5.74, 6) is -0.352. The Morgan fingerprint density at radius 2 is 1.67 bits per heavy atom. The Morgan fingerprint density at radius 3 is 2.24 bits per heavy atom. The summed E-state index contributed by atoms with van der Waals surface area (Å²) in [7, 11) is 0. The molecule has 0 bridgehead atoms. The van der Waals surface area contributed by atoms with Crippen molar-refractivity contribution in [3.8, 4) is 0 Å². The number of nitrogens with one attached hydrogen (secondary N) is 1. The first-order chi connectivity index (χ1) is 10.1. The number of alkyl carbamates (subject to hydrolysis) is 1. The predicted molar refractivity (Wildman–Crippen MR) is 83.1 cm³/mol. The second-order valence-corrected chi connectivity index (χ2v) is 5.31. The molecule has 1 amide bonds. The molecule has 124 valence electrons. The van der Waals surface area contributed by atoms with Crippen LogP contribution in [0.25, 0.3) is 0 Å². The van der Waals surface area contributed by atoms with Gasteiger partial charge in [-0.25, -0.2) is 9.59 Å². The summed E-state index contributed by atoms with van der Waals surface area (Å²) < 4.78 is 10.1. The Hall–Kier alpha value is -1.26. The first-order valence-electron chi connectivity index (χ1n) is 8.16. The molecule has 5 nitrogen and oxygen atoms in total. The monoisotopic (exact) mass is 301 g/mol. The zero-order chi connectivity index (χ0) is 16.1. The molecule has 0 aliphatic rings. The van der Waals surface area contributed by atoms with Gasteiger partial charge in [0.2, 0.25) is 0 Å². The van der Waals surface area contributed by atoms with Crippen molar-refractivity contribution >= 4 is 12.1 Å². The highest BCUT2D eigenvalue weighted by atomic mass is 16.6. The fourth-order valence-electron chi connectivity index (χ4n) is 1.94. The molecule has 0 saturated heterocycles. The van der Waals surface area contributed by atoms with Crippen LogP contribution in [0, 0.1) is 5.92 Å². The molecule has 0 fully saturated rings. The van der Waals surface area contributed by atoms with E-state index in [0.29, 0.717) is 6.61 Å². The Morgan fingerprint density at radius 1 is 1.00 bits per heavy atom. The van der Waals surface area contributed by atoms with Crippen LogP contribution >= 0.6 is 0 Å². The fourth-order valence-corrected chi connectivity index (χ4v) is 1.94. The van der Waals surface area contributed by atoms with Crippen LogP contribution in [0.1, 0.15) is 66.2 Å². The third-order valence-electron chi connectivity index (χ3n) is 3.51. The lowest BCUT2D eigenvalue weighted by atomic mass is 9.99. The van der Waals surface area contributed by atoms with Gasteiger partial charge in [0.05, 0.1) is 13.2 Å². The third-order valence-corrected chi connectivity index (χ3v) is 3.51. The zero-order valence-corrected chi connectivity index (χ0v) is 13.9. The highest BCUT2D eigenvalue weighted by molar-refractivity contribution is 5.81. The minimum absolute atomic E-state index is 0.0157. The predicted octanol–water partition coefficient (Wildman–Crippen LogP) is 3.66. The zero-order valence-electron chi connectivity index (χ0n) is 13.9. The lowest BCUT2D eigenvalue weighted by Gasteiger charge is -2.22. The van der Waals surface area contributed by atoms with Gasteiger partial charge in [0.25, 0.3) is 0 Å². The SMILES string of the molecule is CCCCCCCOC(=O)[C@@H](NC(=O)OCC)C(C)CC. The lowest BCUT2D eigenvalue weighted by Crippen LogP contribution is -2.46. The average Bonchev–Trinajstić information content (AvgIpc) is 2.47. The largest absolute Gasteiger partial charge is 0.464 e. The normalized spacial score (nSPS) is 13.3. The van der Waals surface area contributed by atoms with Gasteiger partial charge in [0.15, 0.2) is 0 Å². The number of ether oxygens (including phenoxy) is 2. The molecule has 0 heterocycles. The first kappa shape index (κ1) is 19.7. The average molecular weight is 301 g/mol. The van der Waals surface area contributed by atoms with Crippen molar-refractivity contribution in [1.82, 2.24) is 5.32 Å². The second kappa shape index (κ2) is 12.5. The van der Waals surface area contributed by atoms with E-state index in [-0.39, 0.29) is 18.5 Å². The van der Waals surface area contributed by atoms with E-state index in [4.69, 9.17) is 9.47 Å².